The lowest BCUT2D eigenvalue weighted by molar-refractivity contribution is 0.0787. The molecular formula is C15H25N5O. The molecule has 6 heteroatoms. The van der Waals surface area contributed by atoms with E-state index in [1.165, 1.54) is 0 Å². The minimum Gasteiger partial charge on any atom is -0.353 e. The number of piperazine rings is 1. The summed E-state index contributed by atoms with van der Waals surface area (Å²) in [5.74, 6) is 0.803. The molecule has 0 atom stereocenters. The number of nitrogens with zero attached hydrogens (tertiary/aromatic N) is 5. The van der Waals surface area contributed by atoms with Gasteiger partial charge in [-0.15, -0.1) is 0 Å². The Morgan fingerprint density at radius 3 is 2.52 bits per heavy atom. The van der Waals surface area contributed by atoms with Gasteiger partial charge < -0.3 is 14.7 Å². The van der Waals surface area contributed by atoms with E-state index in [1.807, 2.05) is 7.05 Å². The zero-order valence-electron chi connectivity index (χ0n) is 13.2. The summed E-state index contributed by atoms with van der Waals surface area (Å²) >= 11 is 0. The van der Waals surface area contributed by atoms with Crippen LogP contribution in [0.1, 0.15) is 30.3 Å². The number of carbonyl (C=O) groups excluding carboxylic acids is 1. The molecule has 0 unspecified atom stereocenters. The van der Waals surface area contributed by atoms with Crippen molar-refractivity contribution in [2.75, 3.05) is 51.7 Å². The normalized spacial score (nSPS) is 16.0. The van der Waals surface area contributed by atoms with Crippen molar-refractivity contribution in [2.24, 2.45) is 0 Å². The molecule has 21 heavy (non-hydrogen) atoms. The highest BCUT2D eigenvalue weighted by Crippen LogP contribution is 2.12. The molecule has 0 N–H and O–H groups in total. The number of aromatic nitrogens is 2. The van der Waals surface area contributed by atoms with Gasteiger partial charge in [-0.3, -0.25) is 4.79 Å². The fraction of sp³-hybridized carbons (Fsp3) is 0.667. The zero-order chi connectivity index (χ0) is 15.2. The molecule has 0 aromatic carbocycles. The first-order valence-corrected chi connectivity index (χ1v) is 7.62. The van der Waals surface area contributed by atoms with E-state index < -0.39 is 0 Å². The maximum absolute atomic E-state index is 12.2. The molecule has 6 nitrogen and oxygen atoms in total. The Morgan fingerprint density at radius 1 is 1.24 bits per heavy atom. The van der Waals surface area contributed by atoms with Gasteiger partial charge in [-0.05, 0) is 13.5 Å². The van der Waals surface area contributed by atoms with Crippen LogP contribution in [0.2, 0.25) is 0 Å². The van der Waals surface area contributed by atoms with Gasteiger partial charge in [0, 0.05) is 39.8 Å². The first kappa shape index (κ1) is 15.7. The van der Waals surface area contributed by atoms with E-state index in [0.29, 0.717) is 5.69 Å². The van der Waals surface area contributed by atoms with Crippen LogP contribution in [0.3, 0.4) is 0 Å². The lowest BCUT2D eigenvalue weighted by Gasteiger charge is -2.32. The summed E-state index contributed by atoms with van der Waals surface area (Å²) in [5.41, 5.74) is 0.423. The highest BCUT2D eigenvalue weighted by molar-refractivity contribution is 5.91. The summed E-state index contributed by atoms with van der Waals surface area (Å²) in [7, 11) is 3.94. The Kier molecular flexibility index (Phi) is 5.50. The fourth-order valence-electron chi connectivity index (χ4n) is 2.32. The molecule has 0 radical (unpaired) electrons. The van der Waals surface area contributed by atoms with Gasteiger partial charge in [0.25, 0.3) is 5.91 Å². The van der Waals surface area contributed by atoms with Crippen molar-refractivity contribution in [1.29, 1.82) is 0 Å². The van der Waals surface area contributed by atoms with Crippen molar-refractivity contribution < 1.29 is 4.79 Å². The summed E-state index contributed by atoms with van der Waals surface area (Å²) in [4.78, 5) is 27.1. The van der Waals surface area contributed by atoms with Crippen LogP contribution >= 0.6 is 0 Å². The number of hydrogen-bond donors (Lipinski definition) is 0. The van der Waals surface area contributed by atoms with Crippen LogP contribution in [0, 0.1) is 0 Å². The Hall–Kier alpha value is -1.69. The molecule has 1 saturated heterocycles. The Morgan fingerprint density at radius 2 is 1.95 bits per heavy atom. The molecule has 116 valence electrons. The lowest BCUT2D eigenvalue weighted by Crippen LogP contribution is -2.44. The van der Waals surface area contributed by atoms with Crippen LogP contribution in [-0.4, -0.2) is 72.5 Å². The van der Waals surface area contributed by atoms with Crippen LogP contribution in [0.5, 0.6) is 0 Å². The van der Waals surface area contributed by atoms with Crippen LogP contribution < -0.4 is 4.90 Å². The third kappa shape index (κ3) is 4.14. The Bertz CT molecular complexity index is 454. The van der Waals surface area contributed by atoms with Gasteiger partial charge in [0.05, 0.1) is 12.4 Å². The van der Waals surface area contributed by atoms with Crippen LogP contribution in [0.15, 0.2) is 12.4 Å². The minimum absolute atomic E-state index is 0.0547. The second kappa shape index (κ2) is 7.36. The fourth-order valence-corrected chi connectivity index (χ4v) is 2.32. The molecule has 1 aliphatic heterocycles. The van der Waals surface area contributed by atoms with Gasteiger partial charge in [0.15, 0.2) is 0 Å². The number of unbranched alkanes of at least 4 members (excludes halogenated alkanes) is 1. The maximum Gasteiger partial charge on any atom is 0.273 e. The van der Waals surface area contributed by atoms with E-state index >= 15 is 0 Å². The van der Waals surface area contributed by atoms with Crippen molar-refractivity contribution in [3.63, 3.8) is 0 Å². The molecule has 1 aliphatic rings. The van der Waals surface area contributed by atoms with Crippen molar-refractivity contribution in [3.8, 4) is 0 Å². The van der Waals surface area contributed by atoms with Crippen LogP contribution in [0.4, 0.5) is 5.82 Å². The lowest BCUT2D eigenvalue weighted by atomic mass is 10.3. The number of anilines is 1. The van der Waals surface area contributed by atoms with Crippen molar-refractivity contribution in [3.05, 3.63) is 18.1 Å². The van der Waals surface area contributed by atoms with Gasteiger partial charge in [0.2, 0.25) is 0 Å². The van der Waals surface area contributed by atoms with Crippen molar-refractivity contribution in [2.45, 2.75) is 19.8 Å². The molecule has 2 heterocycles. The van der Waals surface area contributed by atoms with E-state index in [0.717, 1.165) is 51.4 Å². The maximum atomic E-state index is 12.2. The minimum atomic E-state index is -0.0547. The molecule has 1 fully saturated rings. The second-order valence-electron chi connectivity index (χ2n) is 5.63. The van der Waals surface area contributed by atoms with Crippen molar-refractivity contribution in [1.82, 2.24) is 19.8 Å². The number of amides is 1. The number of rotatable bonds is 5. The predicted molar refractivity (Wildman–Crippen MR) is 83.6 cm³/mol. The average molecular weight is 291 g/mol. The van der Waals surface area contributed by atoms with Gasteiger partial charge in [-0.2, -0.15) is 0 Å². The quantitative estimate of drug-likeness (QED) is 0.813. The smallest absolute Gasteiger partial charge is 0.273 e. The molecule has 0 bridgehead atoms. The standard InChI is InChI=1S/C15H25N5O/c1-4-5-6-19(3)15(21)13-11-17-14(12-16-13)20-9-7-18(2)8-10-20/h11-12H,4-10H2,1-3H3. The van der Waals surface area contributed by atoms with E-state index in [2.05, 4.69) is 33.7 Å². The molecular weight excluding hydrogens is 266 g/mol. The SMILES string of the molecule is CCCCN(C)C(=O)c1cnc(N2CCN(C)CC2)cn1. The number of hydrogen-bond acceptors (Lipinski definition) is 5. The Labute approximate surface area is 126 Å². The number of likely N-dealkylation sites (N-methyl/N-ethyl adjacent to an activating group) is 1. The monoisotopic (exact) mass is 291 g/mol. The van der Waals surface area contributed by atoms with E-state index in [4.69, 9.17) is 0 Å². The summed E-state index contributed by atoms with van der Waals surface area (Å²) in [6.45, 7) is 6.84. The second-order valence-corrected chi connectivity index (χ2v) is 5.63. The molecule has 2 rings (SSSR count). The van der Waals surface area contributed by atoms with Gasteiger partial charge in [-0.1, -0.05) is 13.3 Å². The van der Waals surface area contributed by atoms with E-state index in [1.54, 1.807) is 17.3 Å². The van der Waals surface area contributed by atoms with Crippen LogP contribution in [-0.2, 0) is 0 Å². The molecule has 0 aliphatic carbocycles. The predicted octanol–water partition coefficient (Wildman–Crippen LogP) is 1.10. The first-order valence-electron chi connectivity index (χ1n) is 7.62. The molecule has 1 amide bonds. The highest BCUT2D eigenvalue weighted by Gasteiger charge is 2.17. The summed E-state index contributed by atoms with van der Waals surface area (Å²) in [5, 5.41) is 0. The highest BCUT2D eigenvalue weighted by atomic mass is 16.2. The van der Waals surface area contributed by atoms with Crippen LogP contribution in [0.25, 0.3) is 0 Å². The molecule has 1 aromatic rings. The number of carbonyl (C=O) groups is 1. The topological polar surface area (TPSA) is 52.6 Å². The zero-order valence-corrected chi connectivity index (χ0v) is 13.2. The summed E-state index contributed by atoms with van der Waals surface area (Å²) < 4.78 is 0. The first-order chi connectivity index (χ1) is 10.1. The Balaban J connectivity index is 1.96. The summed E-state index contributed by atoms with van der Waals surface area (Å²) in [6, 6.07) is 0. The molecule has 1 aromatic heterocycles. The van der Waals surface area contributed by atoms with E-state index in [9.17, 15) is 4.79 Å². The molecule has 0 saturated carbocycles. The average Bonchev–Trinajstić information content (AvgIpc) is 2.53. The third-order valence-electron chi connectivity index (χ3n) is 3.88. The molecule has 0 spiro atoms. The van der Waals surface area contributed by atoms with Crippen molar-refractivity contribution >= 4 is 11.7 Å². The largest absolute Gasteiger partial charge is 0.353 e. The van der Waals surface area contributed by atoms with Gasteiger partial charge in [0.1, 0.15) is 11.5 Å². The van der Waals surface area contributed by atoms with Gasteiger partial charge >= 0.3 is 0 Å². The van der Waals surface area contributed by atoms with E-state index in [-0.39, 0.29) is 5.91 Å². The van der Waals surface area contributed by atoms with Gasteiger partial charge in [-0.25, -0.2) is 9.97 Å². The third-order valence-corrected chi connectivity index (χ3v) is 3.88. The summed E-state index contributed by atoms with van der Waals surface area (Å²) in [6.07, 6.45) is 5.39.